The number of amides is 1. The first-order valence-corrected chi connectivity index (χ1v) is 8.06. The molecule has 0 saturated carbocycles. The Bertz CT molecular complexity index is 824. The van der Waals surface area contributed by atoms with Crippen LogP contribution < -0.4 is 5.32 Å². The van der Waals surface area contributed by atoms with Crippen LogP contribution in [0.2, 0.25) is 0 Å². The van der Waals surface area contributed by atoms with E-state index in [1.165, 1.54) is 0 Å². The zero-order valence-corrected chi connectivity index (χ0v) is 14.2. The lowest BCUT2D eigenvalue weighted by atomic mass is 10.1. The van der Waals surface area contributed by atoms with Crippen molar-refractivity contribution in [2.24, 2.45) is 0 Å². The van der Waals surface area contributed by atoms with Crippen LogP contribution in [0, 0.1) is 6.92 Å². The molecule has 0 aliphatic rings. The van der Waals surface area contributed by atoms with Gasteiger partial charge in [-0.1, -0.05) is 51.8 Å². The maximum absolute atomic E-state index is 12.3. The Hall–Kier alpha value is -2.40. The smallest absolute Gasteiger partial charge is 0.256 e. The van der Waals surface area contributed by atoms with Gasteiger partial charge in [-0.25, -0.2) is 4.68 Å². The number of rotatable bonds is 4. The third-order valence-electron chi connectivity index (χ3n) is 3.55. The van der Waals surface area contributed by atoms with Gasteiger partial charge in [-0.3, -0.25) is 4.79 Å². The maximum Gasteiger partial charge on any atom is 0.256 e. The number of anilines is 1. The highest BCUT2D eigenvalue weighted by molar-refractivity contribution is 9.10. The highest BCUT2D eigenvalue weighted by Crippen LogP contribution is 2.19. The van der Waals surface area contributed by atoms with Gasteiger partial charge in [0.2, 0.25) is 0 Å². The molecule has 116 valence electrons. The van der Waals surface area contributed by atoms with Gasteiger partial charge in [0, 0.05) is 16.1 Å². The minimum absolute atomic E-state index is 0.140. The summed E-state index contributed by atoms with van der Waals surface area (Å²) in [5, 5.41) is 7.21. The molecule has 0 spiro atoms. The Morgan fingerprint density at radius 2 is 1.87 bits per heavy atom. The molecule has 2 aromatic carbocycles. The topological polar surface area (TPSA) is 46.9 Å². The van der Waals surface area contributed by atoms with Gasteiger partial charge in [0.05, 0.1) is 12.7 Å². The van der Waals surface area contributed by atoms with Crippen LogP contribution in [0.4, 0.5) is 5.82 Å². The Kier molecular flexibility index (Phi) is 4.57. The monoisotopic (exact) mass is 369 g/mol. The first-order valence-electron chi connectivity index (χ1n) is 7.27. The summed E-state index contributed by atoms with van der Waals surface area (Å²) in [6.07, 6.45) is 1.68. The number of nitrogens with one attached hydrogen (secondary N) is 1. The zero-order valence-electron chi connectivity index (χ0n) is 12.7. The van der Waals surface area contributed by atoms with E-state index >= 15 is 0 Å². The van der Waals surface area contributed by atoms with Gasteiger partial charge < -0.3 is 5.32 Å². The van der Waals surface area contributed by atoms with Crippen molar-refractivity contribution in [3.8, 4) is 0 Å². The van der Waals surface area contributed by atoms with Crippen LogP contribution in [0.5, 0.6) is 0 Å². The molecule has 1 aromatic heterocycles. The molecule has 4 nitrogen and oxygen atoms in total. The molecule has 23 heavy (non-hydrogen) atoms. The fourth-order valence-electron chi connectivity index (χ4n) is 2.25. The fraction of sp³-hybridized carbons (Fsp3) is 0.111. The summed E-state index contributed by atoms with van der Waals surface area (Å²) in [4.78, 5) is 12.3. The van der Waals surface area contributed by atoms with E-state index in [4.69, 9.17) is 0 Å². The average Bonchev–Trinajstić information content (AvgIpc) is 2.97. The SMILES string of the molecule is Cc1ccc(C(=O)Nc2ccnn2Cc2ccccc2Br)cc1. The van der Waals surface area contributed by atoms with Gasteiger partial charge in [0.25, 0.3) is 5.91 Å². The van der Waals surface area contributed by atoms with Gasteiger partial charge in [0.1, 0.15) is 5.82 Å². The van der Waals surface area contributed by atoms with Gasteiger partial charge in [0.15, 0.2) is 0 Å². The standard InChI is InChI=1S/C18H16BrN3O/c1-13-6-8-14(9-7-13)18(23)21-17-10-11-20-22(17)12-15-4-2-3-5-16(15)19/h2-11H,12H2,1H3,(H,21,23). The number of carbonyl (C=O) groups excluding carboxylic acids is 1. The summed E-state index contributed by atoms with van der Waals surface area (Å²) in [5.41, 5.74) is 2.85. The summed E-state index contributed by atoms with van der Waals surface area (Å²) < 4.78 is 2.79. The molecule has 0 aliphatic carbocycles. The summed E-state index contributed by atoms with van der Waals surface area (Å²) in [6.45, 7) is 2.58. The molecule has 1 amide bonds. The van der Waals surface area contributed by atoms with Crippen LogP contribution >= 0.6 is 15.9 Å². The second kappa shape index (κ2) is 6.79. The number of carbonyl (C=O) groups is 1. The van der Waals surface area contributed by atoms with Crippen LogP contribution in [-0.4, -0.2) is 15.7 Å². The van der Waals surface area contributed by atoms with Gasteiger partial charge in [-0.05, 0) is 30.7 Å². The highest BCUT2D eigenvalue weighted by atomic mass is 79.9. The van der Waals surface area contributed by atoms with E-state index in [0.29, 0.717) is 17.9 Å². The van der Waals surface area contributed by atoms with E-state index < -0.39 is 0 Å². The fourth-order valence-corrected chi connectivity index (χ4v) is 2.66. The van der Waals surface area contributed by atoms with Crippen molar-refractivity contribution in [1.29, 1.82) is 0 Å². The van der Waals surface area contributed by atoms with Crippen LogP contribution in [-0.2, 0) is 6.54 Å². The molecular formula is C18H16BrN3O. The number of halogens is 1. The van der Waals surface area contributed by atoms with Crippen molar-refractivity contribution >= 4 is 27.7 Å². The van der Waals surface area contributed by atoms with Gasteiger partial charge in [-0.2, -0.15) is 5.10 Å². The van der Waals surface area contributed by atoms with Gasteiger partial charge >= 0.3 is 0 Å². The molecule has 3 aromatic rings. The molecule has 0 atom stereocenters. The minimum atomic E-state index is -0.140. The van der Waals surface area contributed by atoms with E-state index in [1.807, 2.05) is 55.5 Å². The van der Waals surface area contributed by atoms with Crippen molar-refractivity contribution < 1.29 is 4.79 Å². The van der Waals surface area contributed by atoms with E-state index in [0.717, 1.165) is 15.6 Å². The van der Waals surface area contributed by atoms with Crippen molar-refractivity contribution in [1.82, 2.24) is 9.78 Å². The van der Waals surface area contributed by atoms with Gasteiger partial charge in [-0.15, -0.1) is 0 Å². The zero-order chi connectivity index (χ0) is 16.2. The third kappa shape index (κ3) is 3.68. The Morgan fingerprint density at radius 1 is 1.13 bits per heavy atom. The molecule has 0 radical (unpaired) electrons. The van der Waals surface area contributed by atoms with Crippen LogP contribution in [0.15, 0.2) is 65.3 Å². The van der Waals surface area contributed by atoms with Crippen LogP contribution in [0.1, 0.15) is 21.5 Å². The summed E-state index contributed by atoms with van der Waals surface area (Å²) in [6, 6.07) is 17.2. The normalized spacial score (nSPS) is 10.5. The molecular weight excluding hydrogens is 354 g/mol. The minimum Gasteiger partial charge on any atom is -0.307 e. The van der Waals surface area contributed by atoms with E-state index in [9.17, 15) is 4.79 Å². The van der Waals surface area contributed by atoms with E-state index in [-0.39, 0.29) is 5.91 Å². The van der Waals surface area contributed by atoms with E-state index in [2.05, 4.69) is 26.3 Å². The summed E-state index contributed by atoms with van der Waals surface area (Å²) >= 11 is 3.53. The second-order valence-electron chi connectivity index (χ2n) is 5.29. The molecule has 5 heteroatoms. The lowest BCUT2D eigenvalue weighted by Gasteiger charge is -2.10. The van der Waals surface area contributed by atoms with Crippen LogP contribution in [0.3, 0.4) is 0 Å². The predicted octanol–water partition coefficient (Wildman–Crippen LogP) is 4.25. The number of hydrogen-bond acceptors (Lipinski definition) is 2. The lowest BCUT2D eigenvalue weighted by Crippen LogP contribution is -2.16. The molecule has 0 fully saturated rings. The second-order valence-corrected chi connectivity index (χ2v) is 6.14. The van der Waals surface area contributed by atoms with Crippen molar-refractivity contribution in [2.75, 3.05) is 5.32 Å². The Balaban J connectivity index is 1.77. The number of hydrogen-bond donors (Lipinski definition) is 1. The first kappa shape index (κ1) is 15.5. The Labute approximate surface area is 143 Å². The predicted molar refractivity (Wildman–Crippen MR) is 94.6 cm³/mol. The molecule has 0 unspecified atom stereocenters. The largest absolute Gasteiger partial charge is 0.307 e. The quantitative estimate of drug-likeness (QED) is 0.746. The summed E-state index contributed by atoms with van der Waals surface area (Å²) in [7, 11) is 0. The van der Waals surface area contributed by atoms with Crippen molar-refractivity contribution in [2.45, 2.75) is 13.5 Å². The number of aromatic nitrogens is 2. The van der Waals surface area contributed by atoms with Crippen LogP contribution in [0.25, 0.3) is 0 Å². The summed E-state index contributed by atoms with van der Waals surface area (Å²) in [5.74, 6) is 0.533. The molecule has 1 heterocycles. The maximum atomic E-state index is 12.3. The first-order chi connectivity index (χ1) is 11.1. The number of benzene rings is 2. The molecule has 0 bridgehead atoms. The Morgan fingerprint density at radius 3 is 2.61 bits per heavy atom. The highest BCUT2D eigenvalue weighted by Gasteiger charge is 2.10. The van der Waals surface area contributed by atoms with Crippen molar-refractivity contribution in [3.63, 3.8) is 0 Å². The molecule has 0 saturated heterocycles. The average molecular weight is 370 g/mol. The number of aryl methyl sites for hydroxylation is 1. The van der Waals surface area contributed by atoms with E-state index in [1.54, 1.807) is 16.9 Å². The number of nitrogens with zero attached hydrogens (tertiary/aromatic N) is 2. The molecule has 1 N–H and O–H groups in total. The van der Waals surface area contributed by atoms with Crippen molar-refractivity contribution in [3.05, 3.63) is 82.0 Å². The third-order valence-corrected chi connectivity index (χ3v) is 4.32. The lowest BCUT2D eigenvalue weighted by molar-refractivity contribution is 0.102. The molecule has 3 rings (SSSR count). The molecule has 0 aliphatic heterocycles.